The van der Waals surface area contributed by atoms with Crippen LogP contribution >= 0.6 is 0 Å². The second-order valence-corrected chi connectivity index (χ2v) is 12.0. The Labute approximate surface area is 331 Å². The molecule has 0 aromatic carbocycles. The second-order valence-electron chi connectivity index (χ2n) is 12.0. The van der Waals surface area contributed by atoms with Gasteiger partial charge in [-0.1, -0.05) is 33.3 Å². The molecule has 1 fully saturated rings. The number of ether oxygens (including phenoxy) is 4. The summed E-state index contributed by atoms with van der Waals surface area (Å²) in [5.41, 5.74) is 2.97. The molecule has 0 aromatic rings. The average molecular weight is 808 g/mol. The van der Waals surface area contributed by atoms with Gasteiger partial charge in [0.2, 0.25) is 23.6 Å². The predicted octanol–water partition coefficient (Wildman–Crippen LogP) is 1.10. The average Bonchev–Trinajstić information content (AvgIpc) is 3.14. The first-order valence-electron chi connectivity index (χ1n) is 19.1. The van der Waals surface area contributed by atoms with Gasteiger partial charge in [0.1, 0.15) is 12.6 Å². The van der Waals surface area contributed by atoms with Crippen LogP contribution in [0.3, 0.4) is 0 Å². The van der Waals surface area contributed by atoms with Gasteiger partial charge in [-0.3, -0.25) is 28.8 Å². The van der Waals surface area contributed by atoms with Crippen LogP contribution in [-0.2, 0) is 52.5 Å². The molecule has 0 saturated heterocycles. The van der Waals surface area contributed by atoms with E-state index in [1.807, 2.05) is 13.8 Å². The molecule has 19 heteroatoms. The van der Waals surface area contributed by atoms with E-state index < -0.39 is 12.0 Å². The lowest BCUT2D eigenvalue weighted by Gasteiger charge is -2.24. The number of hydrogen-bond acceptors (Lipinski definition) is 12. The normalized spacial score (nSPS) is 11.7. The Morgan fingerprint density at radius 2 is 1.12 bits per heavy atom. The number of aliphatic carboxylic acids is 1. The highest BCUT2D eigenvalue weighted by Crippen LogP contribution is 2.31. The zero-order chi connectivity index (χ0) is 42.8. The molecule has 1 aliphatic rings. The van der Waals surface area contributed by atoms with Crippen molar-refractivity contribution in [1.82, 2.24) is 26.6 Å². The minimum atomic E-state index is -1.19. The molecule has 0 heterocycles. The number of carbonyl (C=O) groups excluding carboxylic acids is 4. The molecule has 1 atom stereocenters. The van der Waals surface area contributed by atoms with Crippen molar-refractivity contribution in [2.75, 3.05) is 86.1 Å². The Kier molecular flexibility index (Phi) is 42.1. The SMILES string of the molecule is CC.CNCCCC(=O)NC(CCC(=O)NCCCC(=O)NCCOCCOCC(=O)NCCOCCOCC(=C1CCC1)C(C)C)C(=O)O.O=CO.O=CO. The Bertz CT molecular complexity index is 1080. The molecule has 326 valence electrons. The van der Waals surface area contributed by atoms with Crippen LogP contribution in [0.15, 0.2) is 11.1 Å². The zero-order valence-electron chi connectivity index (χ0n) is 34.0. The van der Waals surface area contributed by atoms with Crippen LogP contribution in [0.25, 0.3) is 0 Å². The molecule has 56 heavy (non-hydrogen) atoms. The molecule has 0 radical (unpaired) electrons. The van der Waals surface area contributed by atoms with Crippen molar-refractivity contribution in [2.24, 2.45) is 5.92 Å². The van der Waals surface area contributed by atoms with Gasteiger partial charge in [-0.15, -0.1) is 0 Å². The second kappa shape index (κ2) is 42.0. The third-order valence-corrected chi connectivity index (χ3v) is 7.51. The van der Waals surface area contributed by atoms with Gasteiger partial charge in [-0.2, -0.15) is 0 Å². The highest BCUT2D eigenvalue weighted by molar-refractivity contribution is 5.84. The molecule has 8 N–H and O–H groups in total. The fourth-order valence-corrected chi connectivity index (χ4v) is 4.59. The summed E-state index contributed by atoms with van der Waals surface area (Å²) in [5, 5.41) is 36.5. The van der Waals surface area contributed by atoms with Gasteiger partial charge in [0.15, 0.2) is 0 Å². The van der Waals surface area contributed by atoms with E-state index in [4.69, 9.17) is 38.7 Å². The van der Waals surface area contributed by atoms with E-state index in [0.29, 0.717) is 64.8 Å². The van der Waals surface area contributed by atoms with Crippen molar-refractivity contribution < 1.29 is 67.8 Å². The van der Waals surface area contributed by atoms with Gasteiger partial charge in [0, 0.05) is 38.9 Å². The maximum absolute atomic E-state index is 12.0. The number of allylic oxidation sites excluding steroid dienone is 1. The summed E-state index contributed by atoms with van der Waals surface area (Å²) in [7, 11) is 1.76. The molecule has 1 aliphatic carbocycles. The number of carboxylic acids is 1. The highest BCUT2D eigenvalue weighted by Gasteiger charge is 2.21. The van der Waals surface area contributed by atoms with Crippen LogP contribution in [0.2, 0.25) is 0 Å². The fourth-order valence-electron chi connectivity index (χ4n) is 4.59. The van der Waals surface area contributed by atoms with Crippen LogP contribution in [-0.4, -0.2) is 150 Å². The molecule has 1 rings (SSSR count). The summed E-state index contributed by atoms with van der Waals surface area (Å²) in [4.78, 5) is 75.8. The van der Waals surface area contributed by atoms with Gasteiger partial charge in [-0.05, 0) is 63.6 Å². The van der Waals surface area contributed by atoms with E-state index in [0.717, 1.165) is 0 Å². The summed E-state index contributed by atoms with van der Waals surface area (Å²) < 4.78 is 22.0. The number of nitrogens with one attached hydrogen (secondary N) is 5. The number of hydrogen-bond donors (Lipinski definition) is 8. The van der Waals surface area contributed by atoms with E-state index in [-0.39, 0.29) is 95.2 Å². The van der Waals surface area contributed by atoms with Crippen LogP contribution in [0.5, 0.6) is 0 Å². The largest absolute Gasteiger partial charge is 0.483 e. The zero-order valence-corrected chi connectivity index (χ0v) is 34.0. The molecule has 1 unspecified atom stereocenters. The molecule has 4 amide bonds. The van der Waals surface area contributed by atoms with Crippen molar-refractivity contribution >= 4 is 42.5 Å². The van der Waals surface area contributed by atoms with Gasteiger partial charge >= 0.3 is 5.97 Å². The van der Waals surface area contributed by atoms with Crippen molar-refractivity contribution in [3.05, 3.63) is 11.1 Å². The predicted molar refractivity (Wildman–Crippen MR) is 208 cm³/mol. The first-order chi connectivity index (χ1) is 27.0. The molecular weight excluding hydrogens is 738 g/mol. The lowest BCUT2D eigenvalue weighted by molar-refractivity contribution is -0.142. The molecule has 0 spiro atoms. The summed E-state index contributed by atoms with van der Waals surface area (Å²) in [6, 6.07) is -1.13. The smallest absolute Gasteiger partial charge is 0.326 e. The quantitative estimate of drug-likeness (QED) is 0.0287. The van der Waals surface area contributed by atoms with E-state index in [1.165, 1.54) is 24.8 Å². The van der Waals surface area contributed by atoms with Crippen LogP contribution in [0, 0.1) is 5.92 Å². The number of amides is 4. The van der Waals surface area contributed by atoms with Crippen LogP contribution < -0.4 is 26.6 Å². The van der Waals surface area contributed by atoms with Crippen molar-refractivity contribution in [3.8, 4) is 0 Å². The Morgan fingerprint density at radius 1 is 0.661 bits per heavy atom. The fraction of sp³-hybridized carbons (Fsp3) is 0.757. The Morgan fingerprint density at radius 3 is 1.62 bits per heavy atom. The molecule has 0 aromatic heterocycles. The van der Waals surface area contributed by atoms with Gasteiger partial charge in [0.25, 0.3) is 12.9 Å². The minimum Gasteiger partial charge on any atom is -0.483 e. The minimum absolute atomic E-state index is 0.0257. The third-order valence-electron chi connectivity index (χ3n) is 7.51. The molecule has 19 nitrogen and oxygen atoms in total. The molecule has 0 bridgehead atoms. The summed E-state index contributed by atoms with van der Waals surface area (Å²) in [5.74, 6) is -1.83. The van der Waals surface area contributed by atoms with Crippen molar-refractivity contribution in [3.63, 3.8) is 0 Å². The molecular formula is C37H69N5O14. The highest BCUT2D eigenvalue weighted by atomic mass is 16.5. The number of rotatable bonds is 30. The van der Waals surface area contributed by atoms with Crippen molar-refractivity contribution in [2.45, 2.75) is 91.5 Å². The van der Waals surface area contributed by atoms with Gasteiger partial charge < -0.3 is 60.9 Å². The first kappa shape index (κ1) is 56.2. The first-order valence-corrected chi connectivity index (χ1v) is 19.1. The topological polar surface area (TPSA) is 277 Å². The van der Waals surface area contributed by atoms with E-state index in [2.05, 4.69) is 40.4 Å². The maximum Gasteiger partial charge on any atom is 0.326 e. The maximum atomic E-state index is 12.0. The molecule has 0 aliphatic heterocycles. The number of carboxylic acid groups (broad SMARTS) is 3. The van der Waals surface area contributed by atoms with Crippen molar-refractivity contribution in [1.29, 1.82) is 0 Å². The standard InChI is InChI=1S/C33H59N5O10.C2H6.2CH2O2/c1-25(2)27(26-7-4-8-26)23-47-21-19-46-18-16-37-32(42)24-48-22-20-45-17-15-36-29(39)9-6-14-35-30(40)12-11-28(33(43)44)38-31(41)10-5-13-34-3;1-2;2*2-1-3/h25,28,34H,4-24H2,1-3H3,(H,35,40)(H,36,39)(H,37,42)(H,38,41)(H,43,44);1-2H3;2*1H,(H,2,3). The Balaban J connectivity index is -0.00000323. The van der Waals surface area contributed by atoms with Crippen LogP contribution in [0.1, 0.15) is 85.5 Å². The summed E-state index contributed by atoms with van der Waals surface area (Å²) in [6.45, 7) is 12.3. The van der Waals surface area contributed by atoms with E-state index >= 15 is 0 Å². The molecule has 1 saturated carbocycles. The lowest BCUT2D eigenvalue weighted by atomic mass is 9.84. The van der Waals surface area contributed by atoms with Crippen LogP contribution in [0.4, 0.5) is 0 Å². The lowest BCUT2D eigenvalue weighted by Crippen LogP contribution is -2.41. The summed E-state index contributed by atoms with van der Waals surface area (Å²) >= 11 is 0. The Hall–Kier alpha value is -4.17. The van der Waals surface area contributed by atoms with E-state index in [9.17, 15) is 29.1 Å². The van der Waals surface area contributed by atoms with Gasteiger partial charge in [-0.25, -0.2) is 4.79 Å². The third kappa shape index (κ3) is 36.8. The summed E-state index contributed by atoms with van der Waals surface area (Å²) in [6.07, 6.45) is 4.99. The van der Waals surface area contributed by atoms with E-state index in [1.54, 1.807) is 12.6 Å². The number of carbonyl (C=O) groups is 7. The monoisotopic (exact) mass is 807 g/mol. The van der Waals surface area contributed by atoms with Gasteiger partial charge in [0.05, 0.1) is 46.2 Å².